The predicted octanol–water partition coefficient (Wildman–Crippen LogP) is 4.62. The zero-order valence-electron chi connectivity index (χ0n) is 17.1. The lowest BCUT2D eigenvalue weighted by molar-refractivity contribution is 0.0131. The second-order valence-corrected chi connectivity index (χ2v) is 7.38. The maximum absolute atomic E-state index is 9.24. The van der Waals surface area contributed by atoms with Crippen LogP contribution < -0.4 is 0 Å². The van der Waals surface area contributed by atoms with Gasteiger partial charge in [0.05, 0.1) is 31.3 Å². The van der Waals surface area contributed by atoms with E-state index >= 15 is 0 Å². The molecule has 4 nitrogen and oxygen atoms in total. The molecule has 0 fully saturated rings. The van der Waals surface area contributed by atoms with Gasteiger partial charge in [0.25, 0.3) is 0 Å². The zero-order valence-corrected chi connectivity index (χ0v) is 17.1. The Morgan fingerprint density at radius 3 is 1.73 bits per heavy atom. The number of ether oxygens (including phenoxy) is 1. The largest absolute Gasteiger partial charge is 0.394 e. The van der Waals surface area contributed by atoms with Gasteiger partial charge in [-0.15, -0.1) is 0 Å². The molecule has 0 amide bonds. The minimum atomic E-state index is -0.572. The number of hydrogen-bond acceptors (Lipinski definition) is 3. The van der Waals surface area contributed by atoms with Gasteiger partial charge in [-0.25, -0.2) is 4.98 Å². The first-order valence-electron chi connectivity index (χ1n) is 10.2. The van der Waals surface area contributed by atoms with E-state index in [1.807, 2.05) is 37.6 Å². The lowest BCUT2D eigenvalue weighted by Gasteiger charge is -2.37. The summed E-state index contributed by atoms with van der Waals surface area (Å²) < 4.78 is 7.86. The summed E-state index contributed by atoms with van der Waals surface area (Å²) in [5.41, 5.74) is 3.70. The Kier molecular flexibility index (Phi) is 6.07. The van der Waals surface area contributed by atoms with E-state index in [-0.39, 0.29) is 12.7 Å². The summed E-state index contributed by atoms with van der Waals surface area (Å²) in [5.74, 6) is 0. The zero-order chi connectivity index (χ0) is 20.8. The van der Waals surface area contributed by atoms with Gasteiger partial charge in [-0.2, -0.15) is 0 Å². The summed E-state index contributed by atoms with van der Waals surface area (Å²) in [6.07, 6.45) is 3.68. The van der Waals surface area contributed by atoms with E-state index in [2.05, 4.69) is 82.3 Å². The van der Waals surface area contributed by atoms with E-state index in [4.69, 9.17) is 4.74 Å². The molecule has 0 radical (unpaired) electrons. The third-order valence-corrected chi connectivity index (χ3v) is 5.37. The molecule has 1 aromatic heterocycles. The number of rotatable bonds is 8. The minimum absolute atomic E-state index is 0.0112. The van der Waals surface area contributed by atoms with E-state index < -0.39 is 5.54 Å². The van der Waals surface area contributed by atoms with E-state index in [0.29, 0.717) is 6.61 Å². The van der Waals surface area contributed by atoms with E-state index in [9.17, 15) is 5.11 Å². The molecular formula is C26H26N2O2. The Bertz CT molecular complexity index is 949. The molecule has 1 N–H and O–H groups in total. The van der Waals surface area contributed by atoms with Crippen LogP contribution in [0, 0.1) is 0 Å². The smallest absolute Gasteiger partial charge is 0.121 e. The van der Waals surface area contributed by atoms with Crippen molar-refractivity contribution in [2.75, 3.05) is 6.61 Å². The Morgan fingerprint density at radius 2 is 1.30 bits per heavy atom. The monoisotopic (exact) mass is 398 g/mol. The van der Waals surface area contributed by atoms with Crippen LogP contribution in [0.5, 0.6) is 0 Å². The highest BCUT2D eigenvalue weighted by Gasteiger charge is 2.38. The highest BCUT2D eigenvalue weighted by atomic mass is 16.5. The maximum Gasteiger partial charge on any atom is 0.121 e. The van der Waals surface area contributed by atoms with Crippen molar-refractivity contribution in [1.29, 1.82) is 0 Å². The molecule has 1 unspecified atom stereocenters. The van der Waals surface area contributed by atoms with E-state index in [1.165, 1.54) is 0 Å². The van der Waals surface area contributed by atoms with Gasteiger partial charge >= 0.3 is 0 Å². The van der Waals surface area contributed by atoms with Gasteiger partial charge in [-0.05, 0) is 23.6 Å². The van der Waals surface area contributed by atoms with Crippen molar-refractivity contribution in [3.8, 4) is 0 Å². The highest BCUT2D eigenvalue weighted by molar-refractivity contribution is 5.50. The Hall–Kier alpha value is -3.21. The van der Waals surface area contributed by atoms with Crippen LogP contribution in [0.4, 0.5) is 0 Å². The fourth-order valence-electron chi connectivity index (χ4n) is 3.89. The first-order valence-corrected chi connectivity index (χ1v) is 10.2. The summed E-state index contributed by atoms with van der Waals surface area (Å²) in [7, 11) is 0. The van der Waals surface area contributed by atoms with Crippen molar-refractivity contribution in [2.24, 2.45) is 0 Å². The molecule has 0 aliphatic heterocycles. The second-order valence-electron chi connectivity index (χ2n) is 7.38. The molecule has 152 valence electrons. The van der Waals surface area contributed by atoms with Crippen LogP contribution in [0.3, 0.4) is 0 Å². The van der Waals surface area contributed by atoms with Crippen molar-refractivity contribution in [1.82, 2.24) is 9.55 Å². The average molecular weight is 399 g/mol. The normalized spacial score (nSPS) is 12.6. The molecule has 4 heteroatoms. The van der Waals surface area contributed by atoms with Gasteiger partial charge in [0.15, 0.2) is 0 Å². The first-order chi connectivity index (χ1) is 14.7. The van der Waals surface area contributed by atoms with Gasteiger partial charge < -0.3 is 14.4 Å². The fraction of sp³-hybridized carbons (Fsp3) is 0.192. The maximum atomic E-state index is 9.24. The van der Waals surface area contributed by atoms with Crippen molar-refractivity contribution in [2.45, 2.75) is 25.2 Å². The van der Waals surface area contributed by atoms with Crippen LogP contribution in [-0.4, -0.2) is 27.4 Å². The number of hydrogen-bond donors (Lipinski definition) is 1. The summed E-state index contributed by atoms with van der Waals surface area (Å²) >= 11 is 0. The molecule has 0 saturated carbocycles. The van der Waals surface area contributed by atoms with Crippen LogP contribution in [0.2, 0.25) is 0 Å². The summed E-state index contributed by atoms with van der Waals surface area (Å²) in [6, 6.07) is 31.5. The Balaban J connectivity index is 1.91. The third kappa shape index (κ3) is 3.80. The molecule has 4 rings (SSSR count). The molecule has 1 atom stereocenters. The van der Waals surface area contributed by atoms with Crippen LogP contribution in [0.1, 0.15) is 29.3 Å². The minimum Gasteiger partial charge on any atom is -0.394 e. The molecule has 0 bridgehead atoms. The number of aromatic nitrogens is 2. The summed E-state index contributed by atoms with van der Waals surface area (Å²) in [4.78, 5) is 4.62. The van der Waals surface area contributed by atoms with Gasteiger partial charge in [0.1, 0.15) is 5.54 Å². The number of benzene rings is 3. The molecule has 4 aromatic rings. The summed E-state index contributed by atoms with van der Waals surface area (Å²) in [5, 5.41) is 9.24. The van der Waals surface area contributed by atoms with Crippen LogP contribution >= 0.6 is 0 Å². The Labute approximate surface area is 177 Å². The average Bonchev–Trinajstić information content (AvgIpc) is 3.29. The number of nitrogens with zero attached hydrogens (tertiary/aromatic N) is 2. The Morgan fingerprint density at radius 1 is 0.833 bits per heavy atom. The molecule has 1 heterocycles. The molecule has 0 saturated heterocycles. The lowest BCUT2D eigenvalue weighted by atomic mass is 9.77. The highest BCUT2D eigenvalue weighted by Crippen LogP contribution is 2.40. The molecule has 30 heavy (non-hydrogen) atoms. The molecule has 0 aliphatic rings. The summed E-state index contributed by atoms with van der Waals surface area (Å²) in [6.45, 7) is 2.19. The standard InChI is InChI=1S/C26H26N2O2/c1-21(18-29)30-19-25-17-28(20-27-25)26(22-11-5-2-6-12-22,23-13-7-3-8-14-23)24-15-9-4-10-16-24/h2-17,20-21,29H,18-19H2,1H3. The van der Waals surface area contributed by atoms with E-state index in [0.717, 1.165) is 22.4 Å². The lowest BCUT2D eigenvalue weighted by Crippen LogP contribution is -2.36. The molecular weight excluding hydrogens is 372 g/mol. The van der Waals surface area contributed by atoms with Gasteiger partial charge in [-0.1, -0.05) is 91.0 Å². The third-order valence-electron chi connectivity index (χ3n) is 5.37. The van der Waals surface area contributed by atoms with Crippen molar-refractivity contribution < 1.29 is 9.84 Å². The van der Waals surface area contributed by atoms with Crippen molar-refractivity contribution >= 4 is 0 Å². The van der Waals surface area contributed by atoms with Crippen LogP contribution in [0.25, 0.3) is 0 Å². The van der Waals surface area contributed by atoms with Crippen LogP contribution in [-0.2, 0) is 16.9 Å². The van der Waals surface area contributed by atoms with E-state index in [1.54, 1.807) is 0 Å². The molecule has 0 spiro atoms. The van der Waals surface area contributed by atoms with Crippen molar-refractivity contribution in [3.05, 3.63) is 126 Å². The topological polar surface area (TPSA) is 47.3 Å². The number of aliphatic hydroxyl groups is 1. The second kappa shape index (κ2) is 9.08. The quantitative estimate of drug-likeness (QED) is 0.441. The van der Waals surface area contributed by atoms with Gasteiger partial charge in [0.2, 0.25) is 0 Å². The molecule has 3 aromatic carbocycles. The first kappa shape index (κ1) is 20.1. The fourth-order valence-corrected chi connectivity index (χ4v) is 3.89. The predicted molar refractivity (Wildman–Crippen MR) is 118 cm³/mol. The molecule has 0 aliphatic carbocycles. The van der Waals surface area contributed by atoms with Gasteiger partial charge in [0, 0.05) is 6.20 Å². The number of aliphatic hydroxyl groups excluding tert-OH is 1. The SMILES string of the molecule is CC(CO)OCc1cn(C(c2ccccc2)(c2ccccc2)c2ccccc2)cn1. The van der Waals surface area contributed by atoms with Crippen molar-refractivity contribution in [3.63, 3.8) is 0 Å². The van der Waals surface area contributed by atoms with Gasteiger partial charge in [-0.3, -0.25) is 0 Å². The van der Waals surface area contributed by atoms with Crippen LogP contribution in [0.15, 0.2) is 104 Å². The number of imidazole rings is 1.